The Bertz CT molecular complexity index is 822. The van der Waals surface area contributed by atoms with E-state index < -0.39 is 37.5 Å². The Balaban J connectivity index is 1.78. The van der Waals surface area contributed by atoms with Crippen LogP contribution in [0.2, 0.25) is 0 Å². The van der Waals surface area contributed by atoms with Gasteiger partial charge in [0, 0.05) is 12.1 Å². The molecule has 2 heterocycles. The molecule has 0 radical (unpaired) electrons. The Morgan fingerprint density at radius 1 is 1.17 bits per heavy atom. The fraction of sp³-hybridized carbons (Fsp3) is 0.609. The molecule has 1 aliphatic rings. The van der Waals surface area contributed by atoms with E-state index in [9.17, 15) is 13.2 Å². The first-order chi connectivity index (χ1) is 14.1. The van der Waals surface area contributed by atoms with E-state index in [1.807, 2.05) is 30.5 Å². The Kier molecular flexibility index (Phi) is 7.25. The largest absolute Gasteiger partial charge is 0.351 e. The van der Waals surface area contributed by atoms with Gasteiger partial charge in [-0.1, -0.05) is 45.0 Å². The van der Waals surface area contributed by atoms with Gasteiger partial charge in [-0.05, 0) is 37.3 Å². The fourth-order valence-electron chi connectivity index (χ4n) is 4.27. The summed E-state index contributed by atoms with van der Waals surface area (Å²) in [5.74, 6) is 1.04. The first-order valence-electron chi connectivity index (χ1n) is 10.5. The van der Waals surface area contributed by atoms with Gasteiger partial charge in [-0.15, -0.1) is 11.3 Å². The number of benzene rings is 1. The molecular formula is C23H31F3N2OS. The summed E-state index contributed by atoms with van der Waals surface area (Å²) in [7, 11) is 0. The van der Waals surface area contributed by atoms with Crippen molar-refractivity contribution in [1.82, 2.24) is 9.88 Å². The molecule has 0 spiro atoms. The zero-order chi connectivity index (χ0) is 22.1. The fourth-order valence-corrected chi connectivity index (χ4v) is 5.26. The number of thiazole rings is 1. The maximum atomic E-state index is 13.8. The van der Waals surface area contributed by atoms with Crippen LogP contribution < -0.4 is 0 Å². The molecule has 30 heavy (non-hydrogen) atoms. The second-order valence-corrected chi connectivity index (χ2v) is 10.0. The van der Waals surface area contributed by atoms with Crippen molar-refractivity contribution < 1.29 is 17.9 Å². The number of hydrogen-bond donors (Lipinski definition) is 0. The van der Waals surface area contributed by atoms with Gasteiger partial charge in [-0.3, -0.25) is 4.90 Å². The Morgan fingerprint density at radius 2 is 1.83 bits per heavy atom. The normalized spacial score (nSPS) is 22.9. The summed E-state index contributed by atoms with van der Waals surface area (Å²) in [6.07, 6.45) is -0.126. The second-order valence-electron chi connectivity index (χ2n) is 8.97. The van der Waals surface area contributed by atoms with Gasteiger partial charge in [0.25, 0.3) is 6.43 Å². The summed E-state index contributed by atoms with van der Waals surface area (Å²) in [5.41, 5.74) is 0.886. The number of halogens is 3. The van der Waals surface area contributed by atoms with E-state index in [4.69, 9.17) is 4.74 Å². The van der Waals surface area contributed by atoms with Gasteiger partial charge < -0.3 is 4.74 Å². The van der Waals surface area contributed by atoms with Crippen LogP contribution in [0.4, 0.5) is 13.2 Å². The van der Waals surface area contributed by atoms with Gasteiger partial charge in [0.2, 0.25) is 0 Å². The molecule has 0 amide bonds. The van der Waals surface area contributed by atoms with Crippen LogP contribution in [0.15, 0.2) is 30.5 Å². The number of nitrogens with zero attached hydrogens (tertiary/aromatic N) is 2. The predicted molar refractivity (Wildman–Crippen MR) is 116 cm³/mol. The number of hydrogen-bond acceptors (Lipinski definition) is 4. The molecule has 0 bridgehead atoms. The Hall–Kier alpha value is -1.44. The number of aromatic nitrogens is 1. The monoisotopic (exact) mass is 440 g/mol. The highest BCUT2D eigenvalue weighted by Crippen LogP contribution is 2.42. The number of rotatable bonds is 8. The lowest BCUT2D eigenvalue weighted by molar-refractivity contribution is -0.0901. The van der Waals surface area contributed by atoms with Crippen LogP contribution in [-0.4, -0.2) is 41.3 Å². The van der Waals surface area contributed by atoms with Crippen LogP contribution >= 0.6 is 11.3 Å². The zero-order valence-corrected chi connectivity index (χ0v) is 19.1. The molecule has 3 atom stereocenters. The van der Waals surface area contributed by atoms with Crippen LogP contribution in [0.1, 0.15) is 63.6 Å². The average Bonchev–Trinajstić information content (AvgIpc) is 3.25. The van der Waals surface area contributed by atoms with Crippen molar-refractivity contribution in [3.05, 3.63) is 41.0 Å². The third-order valence-corrected chi connectivity index (χ3v) is 6.92. The molecule has 0 saturated carbocycles. The van der Waals surface area contributed by atoms with Gasteiger partial charge >= 0.3 is 0 Å². The Labute approximate surface area is 181 Å². The van der Waals surface area contributed by atoms with E-state index in [2.05, 4.69) is 25.8 Å². The molecule has 1 saturated heterocycles. The van der Waals surface area contributed by atoms with E-state index in [-0.39, 0.29) is 0 Å². The number of ether oxygens (including phenoxy) is 1. The van der Waals surface area contributed by atoms with Crippen LogP contribution in [0.25, 0.3) is 10.4 Å². The summed E-state index contributed by atoms with van der Waals surface area (Å²) < 4.78 is 45.9. The minimum absolute atomic E-state index is 0.420. The van der Waals surface area contributed by atoms with Crippen molar-refractivity contribution in [3.8, 4) is 10.4 Å². The highest BCUT2D eigenvalue weighted by molar-refractivity contribution is 7.15. The third kappa shape index (κ3) is 5.06. The summed E-state index contributed by atoms with van der Waals surface area (Å²) in [5, 5.41) is 1.13. The Morgan fingerprint density at radius 3 is 2.40 bits per heavy atom. The summed E-state index contributed by atoms with van der Waals surface area (Å²) in [6, 6.07) is 7.03. The minimum atomic E-state index is -2.54. The topological polar surface area (TPSA) is 25.4 Å². The third-order valence-electron chi connectivity index (χ3n) is 5.64. The molecule has 1 aromatic carbocycles. The smallest absolute Gasteiger partial charge is 0.251 e. The lowest BCUT2D eigenvalue weighted by Crippen LogP contribution is -2.47. The molecule has 1 unspecified atom stereocenters. The van der Waals surface area contributed by atoms with Gasteiger partial charge in [0.15, 0.2) is 0 Å². The molecule has 0 N–H and O–H groups in total. The molecule has 1 aromatic heterocycles. The predicted octanol–water partition coefficient (Wildman–Crippen LogP) is 6.67. The van der Waals surface area contributed by atoms with E-state index in [1.54, 1.807) is 25.2 Å². The van der Waals surface area contributed by atoms with Crippen LogP contribution in [0.5, 0.6) is 0 Å². The zero-order valence-electron chi connectivity index (χ0n) is 18.2. The molecular weight excluding hydrogens is 409 g/mol. The van der Waals surface area contributed by atoms with Gasteiger partial charge in [0.1, 0.15) is 18.5 Å². The lowest BCUT2D eigenvalue weighted by Gasteiger charge is -2.32. The van der Waals surface area contributed by atoms with Crippen molar-refractivity contribution >= 4 is 11.3 Å². The van der Waals surface area contributed by atoms with Crippen molar-refractivity contribution in [2.75, 3.05) is 13.2 Å². The standard InChI is InChI=1S/C23H31F3N2OS/c1-14(2)10-15(3)22-27-12-19(30-22)16-6-8-17(9-7-16)21-18(11-24)28(13-20(25)26)23(4,5)29-21/h6-9,12,14-15,18,20-21H,10-11,13H2,1-5H3/t15?,18-,21-/m1/s1. The number of alkyl halides is 3. The van der Waals surface area contributed by atoms with Crippen LogP contribution in [0, 0.1) is 5.92 Å². The van der Waals surface area contributed by atoms with Crippen molar-refractivity contribution in [1.29, 1.82) is 0 Å². The van der Waals surface area contributed by atoms with Crippen molar-refractivity contribution in [2.24, 2.45) is 5.92 Å². The lowest BCUT2D eigenvalue weighted by atomic mass is 10.00. The highest BCUT2D eigenvalue weighted by Gasteiger charge is 2.48. The van der Waals surface area contributed by atoms with E-state index in [0.29, 0.717) is 11.8 Å². The molecule has 0 aliphatic carbocycles. The molecule has 2 aromatic rings. The van der Waals surface area contributed by atoms with Crippen molar-refractivity contribution in [3.63, 3.8) is 0 Å². The van der Waals surface area contributed by atoms with E-state index in [0.717, 1.165) is 27.4 Å². The molecule has 1 fully saturated rings. The first kappa shape index (κ1) is 23.2. The highest BCUT2D eigenvalue weighted by atomic mass is 32.1. The maximum absolute atomic E-state index is 13.8. The summed E-state index contributed by atoms with van der Waals surface area (Å²) >= 11 is 1.69. The van der Waals surface area contributed by atoms with Gasteiger partial charge in [0.05, 0.1) is 22.5 Å². The molecule has 7 heteroatoms. The van der Waals surface area contributed by atoms with E-state index in [1.165, 1.54) is 4.90 Å². The van der Waals surface area contributed by atoms with Crippen LogP contribution in [-0.2, 0) is 4.74 Å². The molecule has 3 rings (SSSR count). The summed E-state index contributed by atoms with van der Waals surface area (Å²) in [6.45, 7) is 8.80. The van der Waals surface area contributed by atoms with Crippen molar-refractivity contribution in [2.45, 2.75) is 71.3 Å². The SMILES string of the molecule is CC(C)CC(C)c1ncc(-c2ccc([C@H]3OC(C)(C)N(CC(F)F)[C@@H]3CF)cc2)s1. The van der Waals surface area contributed by atoms with Gasteiger partial charge in [-0.2, -0.15) is 0 Å². The van der Waals surface area contributed by atoms with Gasteiger partial charge in [-0.25, -0.2) is 18.2 Å². The average molecular weight is 441 g/mol. The molecule has 1 aliphatic heterocycles. The van der Waals surface area contributed by atoms with E-state index >= 15 is 0 Å². The molecule has 166 valence electrons. The minimum Gasteiger partial charge on any atom is -0.351 e. The first-order valence-corrected chi connectivity index (χ1v) is 11.3. The second kappa shape index (κ2) is 9.37. The van der Waals surface area contributed by atoms with Crippen LogP contribution in [0.3, 0.4) is 0 Å². The molecule has 3 nitrogen and oxygen atoms in total. The quantitative estimate of drug-likeness (QED) is 0.458. The maximum Gasteiger partial charge on any atom is 0.251 e. The summed E-state index contributed by atoms with van der Waals surface area (Å²) in [4.78, 5) is 7.11.